The molecule has 0 bridgehead atoms. The number of nitrogens with one attached hydrogen (secondary N) is 1. The number of hydrogen-bond donors (Lipinski definition) is 1. The van der Waals surface area contributed by atoms with Crippen molar-refractivity contribution < 1.29 is 27.2 Å². The second-order valence-corrected chi connectivity index (χ2v) is 11.4. The molecule has 4 aromatic rings. The summed E-state index contributed by atoms with van der Waals surface area (Å²) in [6, 6.07) is 16.5. The Morgan fingerprint density at radius 1 is 0.976 bits per heavy atom. The standard InChI is InChI=1S/C31H29ClF4N4O2/c1-18(19-9-14-24(25(33)15-19)28(41)37-22-12-10-20(11-13-22)31(34,35)36)29(42)39(5)27-17-26(30(2,3)4)38-40(27)23-8-6-7-21(32)16-23/h6-18H,1-5H3,(H,37,41). The minimum Gasteiger partial charge on any atom is -0.322 e. The van der Waals surface area contributed by atoms with Gasteiger partial charge in [0, 0.05) is 29.2 Å². The minimum absolute atomic E-state index is 0.0765. The molecular weight excluding hydrogens is 572 g/mol. The first kappa shape index (κ1) is 30.8. The predicted octanol–water partition coefficient (Wildman–Crippen LogP) is 8.00. The van der Waals surface area contributed by atoms with Gasteiger partial charge in [0.25, 0.3) is 5.91 Å². The van der Waals surface area contributed by atoms with Crippen LogP contribution in [0.5, 0.6) is 0 Å². The molecule has 4 rings (SSSR count). The van der Waals surface area contributed by atoms with Crippen molar-refractivity contribution in [1.29, 1.82) is 0 Å². The van der Waals surface area contributed by atoms with Crippen LogP contribution in [0, 0.1) is 5.82 Å². The normalized spacial score (nSPS) is 12.6. The van der Waals surface area contributed by atoms with Gasteiger partial charge in [0.05, 0.1) is 28.4 Å². The van der Waals surface area contributed by atoms with Crippen molar-refractivity contribution in [2.24, 2.45) is 0 Å². The zero-order valence-corrected chi connectivity index (χ0v) is 24.3. The van der Waals surface area contributed by atoms with E-state index in [1.807, 2.05) is 32.9 Å². The third-order valence-corrected chi connectivity index (χ3v) is 7.00. The van der Waals surface area contributed by atoms with Crippen molar-refractivity contribution in [3.8, 4) is 5.69 Å². The first-order chi connectivity index (χ1) is 19.6. The van der Waals surface area contributed by atoms with Crippen LogP contribution in [0.2, 0.25) is 5.02 Å². The van der Waals surface area contributed by atoms with Crippen LogP contribution in [0.3, 0.4) is 0 Å². The Morgan fingerprint density at radius 2 is 1.64 bits per heavy atom. The summed E-state index contributed by atoms with van der Waals surface area (Å²) in [6.45, 7) is 7.64. The van der Waals surface area contributed by atoms with Crippen molar-refractivity contribution in [1.82, 2.24) is 9.78 Å². The Balaban J connectivity index is 1.56. The Hall–Kier alpha value is -4.18. The Morgan fingerprint density at radius 3 is 2.21 bits per heavy atom. The number of halogens is 5. The lowest BCUT2D eigenvalue weighted by Gasteiger charge is -2.23. The summed E-state index contributed by atoms with van der Waals surface area (Å²) < 4.78 is 55.1. The summed E-state index contributed by atoms with van der Waals surface area (Å²) in [5.41, 5.74) is 0.320. The Labute approximate surface area is 245 Å². The molecule has 1 unspecified atom stereocenters. The van der Waals surface area contributed by atoms with Gasteiger partial charge in [-0.3, -0.25) is 14.5 Å². The first-order valence-electron chi connectivity index (χ1n) is 13.0. The summed E-state index contributed by atoms with van der Waals surface area (Å²) >= 11 is 6.21. The van der Waals surface area contributed by atoms with Crippen LogP contribution in [0.4, 0.5) is 29.1 Å². The van der Waals surface area contributed by atoms with E-state index in [2.05, 4.69) is 5.32 Å². The van der Waals surface area contributed by atoms with Gasteiger partial charge in [0.15, 0.2) is 0 Å². The first-order valence-corrected chi connectivity index (χ1v) is 13.4. The number of nitrogens with zero attached hydrogens (tertiary/aromatic N) is 3. The molecule has 1 aromatic heterocycles. The summed E-state index contributed by atoms with van der Waals surface area (Å²) in [7, 11) is 1.60. The molecule has 6 nitrogen and oxygen atoms in total. The topological polar surface area (TPSA) is 67.2 Å². The lowest BCUT2D eigenvalue weighted by atomic mass is 9.92. The van der Waals surface area contributed by atoms with E-state index in [-0.39, 0.29) is 22.6 Å². The maximum atomic E-state index is 15.1. The van der Waals surface area contributed by atoms with Crippen molar-refractivity contribution in [2.45, 2.75) is 45.2 Å². The quantitative estimate of drug-likeness (QED) is 0.228. The Kier molecular flexibility index (Phi) is 8.50. The molecule has 0 saturated heterocycles. The van der Waals surface area contributed by atoms with E-state index in [1.165, 1.54) is 17.0 Å². The molecule has 0 aliphatic carbocycles. The summed E-state index contributed by atoms with van der Waals surface area (Å²) in [4.78, 5) is 27.7. The van der Waals surface area contributed by atoms with Crippen LogP contribution in [-0.2, 0) is 16.4 Å². The van der Waals surface area contributed by atoms with Crippen LogP contribution in [0.25, 0.3) is 5.69 Å². The number of amides is 2. The number of rotatable bonds is 6. The molecule has 0 radical (unpaired) electrons. The van der Waals surface area contributed by atoms with Crippen molar-refractivity contribution in [3.05, 3.63) is 106 Å². The van der Waals surface area contributed by atoms with Gasteiger partial charge in [-0.2, -0.15) is 18.3 Å². The molecule has 2 amide bonds. The van der Waals surface area contributed by atoms with E-state index in [0.29, 0.717) is 22.1 Å². The average Bonchev–Trinajstić information content (AvgIpc) is 3.38. The molecule has 42 heavy (non-hydrogen) atoms. The molecule has 0 aliphatic rings. The number of anilines is 2. The SMILES string of the molecule is CC(C(=O)N(C)c1cc(C(C)(C)C)nn1-c1cccc(Cl)c1)c1ccc(C(=O)Nc2ccc(C(F)(F)F)cc2)c(F)c1. The highest BCUT2D eigenvalue weighted by atomic mass is 35.5. The summed E-state index contributed by atoms with van der Waals surface area (Å²) in [6.07, 6.45) is -4.52. The number of likely N-dealkylation sites (N-methyl/N-ethyl adjacent to an activating group) is 1. The fourth-order valence-corrected chi connectivity index (χ4v) is 4.43. The van der Waals surface area contributed by atoms with E-state index in [0.717, 1.165) is 36.0 Å². The van der Waals surface area contributed by atoms with Crippen LogP contribution < -0.4 is 10.2 Å². The number of carbonyl (C=O) groups is 2. The third-order valence-electron chi connectivity index (χ3n) is 6.76. The van der Waals surface area contributed by atoms with E-state index in [4.69, 9.17) is 16.7 Å². The summed E-state index contributed by atoms with van der Waals surface area (Å²) in [5, 5.41) is 7.62. The van der Waals surface area contributed by atoms with Crippen LogP contribution in [0.15, 0.2) is 72.8 Å². The zero-order chi connectivity index (χ0) is 31.0. The lowest BCUT2D eigenvalue weighted by Crippen LogP contribution is -2.32. The fraction of sp³-hybridized carbons (Fsp3) is 0.258. The predicted molar refractivity (Wildman–Crippen MR) is 155 cm³/mol. The van der Waals surface area contributed by atoms with Gasteiger partial charge < -0.3 is 5.32 Å². The van der Waals surface area contributed by atoms with E-state index in [9.17, 15) is 22.8 Å². The monoisotopic (exact) mass is 600 g/mol. The molecule has 11 heteroatoms. The van der Waals surface area contributed by atoms with Gasteiger partial charge in [0.1, 0.15) is 11.6 Å². The molecule has 0 spiro atoms. The molecule has 1 atom stereocenters. The molecule has 220 valence electrons. The molecular formula is C31H29ClF4N4O2. The van der Waals surface area contributed by atoms with Crippen molar-refractivity contribution in [2.75, 3.05) is 17.3 Å². The second kappa shape index (κ2) is 11.6. The molecule has 0 aliphatic heterocycles. The molecule has 0 fully saturated rings. The number of carbonyl (C=O) groups excluding carboxylic acids is 2. The van der Waals surface area contributed by atoms with Gasteiger partial charge in [-0.15, -0.1) is 0 Å². The fourth-order valence-electron chi connectivity index (χ4n) is 4.25. The highest BCUT2D eigenvalue weighted by Crippen LogP contribution is 2.32. The highest BCUT2D eigenvalue weighted by Gasteiger charge is 2.30. The maximum absolute atomic E-state index is 15.1. The second-order valence-electron chi connectivity index (χ2n) is 10.9. The summed E-state index contributed by atoms with van der Waals surface area (Å²) in [5.74, 6) is -2.36. The molecule has 1 heterocycles. The van der Waals surface area contributed by atoms with Crippen LogP contribution in [-0.4, -0.2) is 28.6 Å². The smallest absolute Gasteiger partial charge is 0.322 e. The van der Waals surface area contributed by atoms with Gasteiger partial charge in [-0.25, -0.2) is 9.07 Å². The largest absolute Gasteiger partial charge is 0.416 e. The van der Waals surface area contributed by atoms with Gasteiger partial charge in [-0.05, 0) is 67.1 Å². The molecule has 1 N–H and O–H groups in total. The number of aromatic nitrogens is 2. The third kappa shape index (κ3) is 6.65. The zero-order valence-electron chi connectivity index (χ0n) is 23.6. The Bertz CT molecular complexity index is 1630. The van der Waals surface area contributed by atoms with Gasteiger partial charge >= 0.3 is 6.18 Å². The highest BCUT2D eigenvalue weighted by molar-refractivity contribution is 6.30. The maximum Gasteiger partial charge on any atom is 0.416 e. The van der Waals surface area contributed by atoms with Crippen LogP contribution in [0.1, 0.15) is 60.8 Å². The number of alkyl halides is 3. The molecule has 0 saturated carbocycles. The number of benzene rings is 3. The average molecular weight is 601 g/mol. The van der Waals surface area contributed by atoms with E-state index >= 15 is 4.39 Å². The van der Waals surface area contributed by atoms with E-state index in [1.54, 1.807) is 36.9 Å². The van der Waals surface area contributed by atoms with E-state index < -0.39 is 29.4 Å². The van der Waals surface area contributed by atoms with Gasteiger partial charge in [-0.1, -0.05) is 44.5 Å². The van der Waals surface area contributed by atoms with Gasteiger partial charge in [0.2, 0.25) is 5.91 Å². The number of hydrogen-bond acceptors (Lipinski definition) is 3. The van der Waals surface area contributed by atoms with Crippen molar-refractivity contribution in [3.63, 3.8) is 0 Å². The minimum atomic E-state index is -4.52. The van der Waals surface area contributed by atoms with Crippen LogP contribution >= 0.6 is 11.6 Å². The molecule has 3 aromatic carbocycles. The lowest BCUT2D eigenvalue weighted by molar-refractivity contribution is -0.137. The van der Waals surface area contributed by atoms with Crippen molar-refractivity contribution >= 4 is 34.9 Å².